The molecule has 0 bridgehead atoms. The highest BCUT2D eigenvalue weighted by atomic mass is 19.3. The summed E-state index contributed by atoms with van der Waals surface area (Å²) in [5.41, 5.74) is 5.43. The summed E-state index contributed by atoms with van der Waals surface area (Å²) in [6.45, 7) is 6.92. The maximum absolute atomic E-state index is 13.5. The van der Waals surface area contributed by atoms with E-state index in [2.05, 4.69) is 5.32 Å². The zero-order valence-electron chi connectivity index (χ0n) is 10.7. The molecule has 0 aliphatic heterocycles. The lowest BCUT2D eigenvalue weighted by atomic mass is 9.95. The lowest BCUT2D eigenvalue weighted by Gasteiger charge is -2.28. The SMILES string of the molecule is CC(C)CNC(=O)C(F)(F)C(O)[C@@H](N)C(C)C. The summed E-state index contributed by atoms with van der Waals surface area (Å²) in [7, 11) is 0. The molecule has 17 heavy (non-hydrogen) atoms. The van der Waals surface area contributed by atoms with Crippen molar-refractivity contribution in [3.63, 3.8) is 0 Å². The van der Waals surface area contributed by atoms with Crippen LogP contribution in [0.2, 0.25) is 0 Å². The molecular weight excluding hydrogens is 230 g/mol. The molecule has 0 aromatic rings. The van der Waals surface area contributed by atoms with E-state index in [1.54, 1.807) is 27.7 Å². The van der Waals surface area contributed by atoms with Crippen molar-refractivity contribution in [3.05, 3.63) is 0 Å². The van der Waals surface area contributed by atoms with Gasteiger partial charge < -0.3 is 16.2 Å². The Kier molecular flexibility index (Phi) is 5.98. The van der Waals surface area contributed by atoms with Crippen molar-refractivity contribution in [3.8, 4) is 0 Å². The molecule has 102 valence electrons. The van der Waals surface area contributed by atoms with Crippen LogP contribution in [0.1, 0.15) is 27.7 Å². The number of carbonyl (C=O) groups excluding carboxylic acids is 1. The standard InChI is InChI=1S/C11H22F2N2O2/c1-6(2)5-15-10(17)11(12,13)9(16)8(14)7(3)4/h6-9,16H,5,14H2,1-4H3,(H,15,17)/t8-,9?/m0/s1. The Hall–Kier alpha value is -0.750. The van der Waals surface area contributed by atoms with Crippen molar-refractivity contribution in [2.45, 2.75) is 45.8 Å². The van der Waals surface area contributed by atoms with Gasteiger partial charge in [0.15, 0.2) is 0 Å². The first-order valence-electron chi connectivity index (χ1n) is 5.70. The van der Waals surface area contributed by atoms with E-state index in [9.17, 15) is 18.7 Å². The predicted octanol–water partition coefficient (Wildman–Crippen LogP) is 0.738. The van der Waals surface area contributed by atoms with E-state index in [1.165, 1.54) is 0 Å². The summed E-state index contributed by atoms with van der Waals surface area (Å²) < 4.78 is 27.1. The number of carbonyl (C=O) groups is 1. The van der Waals surface area contributed by atoms with Gasteiger partial charge in [0.25, 0.3) is 5.91 Å². The molecule has 4 nitrogen and oxygen atoms in total. The van der Waals surface area contributed by atoms with Gasteiger partial charge in [-0.1, -0.05) is 27.7 Å². The van der Waals surface area contributed by atoms with Crippen LogP contribution in [0.3, 0.4) is 0 Å². The van der Waals surface area contributed by atoms with Gasteiger partial charge in [-0.25, -0.2) is 0 Å². The Labute approximate surface area is 101 Å². The molecule has 0 aliphatic rings. The van der Waals surface area contributed by atoms with E-state index < -0.39 is 24.0 Å². The molecule has 0 aromatic carbocycles. The number of nitrogens with two attached hydrogens (primary N) is 1. The minimum atomic E-state index is -3.86. The summed E-state index contributed by atoms with van der Waals surface area (Å²) in [6, 6.07) is -1.14. The van der Waals surface area contributed by atoms with Crippen LogP contribution in [0, 0.1) is 11.8 Å². The summed E-state index contributed by atoms with van der Waals surface area (Å²) in [4.78, 5) is 11.3. The zero-order valence-corrected chi connectivity index (χ0v) is 10.7. The third-order valence-corrected chi connectivity index (χ3v) is 2.48. The van der Waals surface area contributed by atoms with Gasteiger partial charge in [0.05, 0.1) is 0 Å². The van der Waals surface area contributed by atoms with Crippen molar-refractivity contribution in [2.24, 2.45) is 17.6 Å². The molecule has 1 amide bonds. The first kappa shape index (κ1) is 16.2. The number of aliphatic hydroxyl groups excluding tert-OH is 1. The number of hydrogen-bond donors (Lipinski definition) is 3. The Bertz CT molecular complexity index is 258. The maximum Gasteiger partial charge on any atom is 0.351 e. The van der Waals surface area contributed by atoms with Gasteiger partial charge in [-0.2, -0.15) is 8.78 Å². The number of hydrogen-bond acceptors (Lipinski definition) is 3. The fourth-order valence-corrected chi connectivity index (χ4v) is 1.16. The van der Waals surface area contributed by atoms with Gasteiger partial charge in [0.2, 0.25) is 0 Å². The number of halogens is 2. The van der Waals surface area contributed by atoms with Crippen LogP contribution in [0.4, 0.5) is 8.78 Å². The van der Waals surface area contributed by atoms with Gasteiger partial charge in [-0.05, 0) is 11.8 Å². The monoisotopic (exact) mass is 252 g/mol. The summed E-state index contributed by atoms with van der Waals surface area (Å²) in [5, 5.41) is 11.5. The average molecular weight is 252 g/mol. The maximum atomic E-state index is 13.5. The first-order chi connectivity index (χ1) is 7.60. The Balaban J connectivity index is 4.58. The van der Waals surface area contributed by atoms with E-state index in [0.717, 1.165) is 0 Å². The molecule has 0 aromatic heterocycles. The van der Waals surface area contributed by atoms with E-state index in [0.29, 0.717) is 0 Å². The van der Waals surface area contributed by atoms with Crippen molar-refractivity contribution in [1.29, 1.82) is 0 Å². The Morgan fingerprint density at radius 1 is 1.35 bits per heavy atom. The van der Waals surface area contributed by atoms with Crippen LogP contribution in [-0.2, 0) is 4.79 Å². The normalized spacial score (nSPS) is 16.1. The third-order valence-electron chi connectivity index (χ3n) is 2.48. The second-order valence-corrected chi connectivity index (χ2v) is 4.99. The largest absolute Gasteiger partial charge is 0.385 e. The van der Waals surface area contributed by atoms with Crippen LogP contribution < -0.4 is 11.1 Å². The smallest absolute Gasteiger partial charge is 0.351 e. The number of nitrogens with one attached hydrogen (secondary N) is 1. The highest BCUT2D eigenvalue weighted by molar-refractivity contribution is 5.84. The Morgan fingerprint density at radius 2 is 1.82 bits per heavy atom. The van der Waals surface area contributed by atoms with Gasteiger partial charge in [0, 0.05) is 12.6 Å². The van der Waals surface area contributed by atoms with Crippen LogP contribution in [-0.4, -0.2) is 35.6 Å². The molecule has 0 radical (unpaired) electrons. The molecule has 0 saturated carbocycles. The molecule has 0 rings (SSSR count). The molecule has 4 N–H and O–H groups in total. The topological polar surface area (TPSA) is 75.3 Å². The van der Waals surface area contributed by atoms with Crippen LogP contribution in [0.15, 0.2) is 0 Å². The number of amides is 1. The highest BCUT2D eigenvalue weighted by Gasteiger charge is 2.49. The van der Waals surface area contributed by atoms with Gasteiger partial charge >= 0.3 is 5.92 Å². The molecule has 0 aliphatic carbocycles. The molecule has 2 atom stereocenters. The molecular formula is C11H22F2N2O2. The van der Waals surface area contributed by atoms with E-state index in [-0.39, 0.29) is 18.4 Å². The molecule has 0 spiro atoms. The second-order valence-electron chi connectivity index (χ2n) is 4.99. The Morgan fingerprint density at radius 3 is 2.18 bits per heavy atom. The summed E-state index contributed by atoms with van der Waals surface area (Å²) >= 11 is 0. The number of rotatable bonds is 6. The molecule has 1 unspecified atom stereocenters. The van der Waals surface area contributed by atoms with Crippen molar-refractivity contribution in [2.75, 3.05) is 6.54 Å². The first-order valence-corrected chi connectivity index (χ1v) is 5.70. The van der Waals surface area contributed by atoms with E-state index in [4.69, 9.17) is 5.73 Å². The third kappa shape index (κ3) is 4.55. The fourth-order valence-electron chi connectivity index (χ4n) is 1.16. The fraction of sp³-hybridized carbons (Fsp3) is 0.909. The van der Waals surface area contributed by atoms with Gasteiger partial charge in [0.1, 0.15) is 6.10 Å². The van der Waals surface area contributed by atoms with Crippen molar-refractivity contribution >= 4 is 5.91 Å². The average Bonchev–Trinajstić information content (AvgIpc) is 2.23. The van der Waals surface area contributed by atoms with Crippen LogP contribution >= 0.6 is 0 Å². The van der Waals surface area contributed by atoms with Gasteiger partial charge in [-0.3, -0.25) is 4.79 Å². The summed E-state index contributed by atoms with van der Waals surface area (Å²) in [6.07, 6.45) is -2.17. The summed E-state index contributed by atoms with van der Waals surface area (Å²) in [5.74, 6) is -5.62. The zero-order chi connectivity index (χ0) is 13.8. The predicted molar refractivity (Wildman–Crippen MR) is 61.6 cm³/mol. The van der Waals surface area contributed by atoms with Crippen LogP contribution in [0.25, 0.3) is 0 Å². The number of alkyl halides is 2. The quantitative estimate of drug-likeness (QED) is 0.652. The minimum absolute atomic E-state index is 0.0608. The lowest BCUT2D eigenvalue weighted by Crippen LogP contribution is -2.57. The minimum Gasteiger partial charge on any atom is -0.385 e. The van der Waals surface area contributed by atoms with Crippen LogP contribution in [0.5, 0.6) is 0 Å². The van der Waals surface area contributed by atoms with Gasteiger partial charge in [-0.15, -0.1) is 0 Å². The van der Waals surface area contributed by atoms with Crippen molar-refractivity contribution < 1.29 is 18.7 Å². The second kappa shape index (κ2) is 6.26. The number of aliphatic hydroxyl groups is 1. The molecule has 0 heterocycles. The molecule has 0 fully saturated rings. The van der Waals surface area contributed by atoms with E-state index >= 15 is 0 Å². The van der Waals surface area contributed by atoms with E-state index in [1.807, 2.05) is 0 Å². The molecule has 0 saturated heterocycles. The molecule has 6 heteroatoms. The lowest BCUT2D eigenvalue weighted by molar-refractivity contribution is -0.167. The van der Waals surface area contributed by atoms with Crippen molar-refractivity contribution in [1.82, 2.24) is 5.32 Å². The highest BCUT2D eigenvalue weighted by Crippen LogP contribution is 2.23.